The predicted molar refractivity (Wildman–Crippen MR) is 527 cm³/mol. The number of benzene rings is 4. The topological polar surface area (TPSA) is 222 Å². The molecule has 0 saturated carbocycles. The normalized spacial score (nSPS) is 11.6. The number of carbonyl (C=O) groups excluding carboxylic acids is 4. The van der Waals surface area contributed by atoms with E-state index in [0.717, 1.165) is 192 Å². The summed E-state index contributed by atoms with van der Waals surface area (Å²) < 4.78 is 0. The first-order valence-electron chi connectivity index (χ1n) is 49.7. The molecule has 16 nitrogen and oxygen atoms in total. The van der Waals surface area contributed by atoms with Gasteiger partial charge in [-0.25, -0.2) is 29.1 Å². The zero-order valence-electron chi connectivity index (χ0n) is 77.0. The second-order valence-electron chi connectivity index (χ2n) is 35.2. The first kappa shape index (κ1) is 98.4. The summed E-state index contributed by atoms with van der Waals surface area (Å²) in [6.07, 6.45) is 65.7. The molecule has 0 unspecified atom stereocenters. The number of nitrogens with one attached hydrogen (secondary N) is 10. The lowest BCUT2D eigenvalue weighted by molar-refractivity contribution is 0.239. The zero-order chi connectivity index (χ0) is 86.9. The van der Waals surface area contributed by atoms with Gasteiger partial charge in [0.25, 0.3) is 0 Å². The van der Waals surface area contributed by atoms with Gasteiger partial charge < -0.3 is 52.5 Å². The van der Waals surface area contributed by atoms with E-state index in [1.54, 1.807) is 0 Å². The number of aromatic amines is 2. The molecule has 16 heteroatoms. The number of H-pyrrole nitrogens is 2. The second-order valence-corrected chi connectivity index (χ2v) is 35.2. The Morgan fingerprint density at radius 2 is 0.371 bits per heavy atom. The van der Waals surface area contributed by atoms with Crippen LogP contribution >= 0.6 is 0 Å². The van der Waals surface area contributed by atoms with Gasteiger partial charge in [-0.2, -0.15) is 0 Å². The molecule has 0 spiro atoms. The van der Waals surface area contributed by atoms with Gasteiger partial charge >= 0.3 is 24.1 Å². The highest BCUT2D eigenvalue weighted by atomic mass is 16.2. The van der Waals surface area contributed by atoms with Crippen molar-refractivity contribution in [2.24, 2.45) is 0 Å². The lowest BCUT2D eigenvalue weighted by atomic mass is 10.0. The monoisotopic (exact) mass is 1690 g/mol. The van der Waals surface area contributed by atoms with E-state index in [2.05, 4.69) is 226 Å². The van der Waals surface area contributed by atoms with E-state index in [0.29, 0.717) is 52.4 Å². The number of hydrogen-bond acceptors (Lipinski definition) is 6. The van der Waals surface area contributed by atoms with Crippen molar-refractivity contribution >= 4 is 70.5 Å². The summed E-state index contributed by atoms with van der Waals surface area (Å²) in [5, 5.41) is 24.8. The summed E-state index contributed by atoms with van der Waals surface area (Å²) in [6.45, 7) is 14.2. The minimum Gasteiger partial charge on any atom is -0.354 e. The molecule has 10 N–H and O–H groups in total. The number of aromatic nitrogens is 4. The third kappa shape index (κ3) is 37.0. The molecule has 5 heterocycles. The van der Waals surface area contributed by atoms with Gasteiger partial charge in [0.15, 0.2) is 0 Å². The van der Waals surface area contributed by atoms with Crippen LogP contribution in [0.5, 0.6) is 0 Å². The Balaban J connectivity index is 0.970. The smallest absolute Gasteiger partial charge is 0.314 e. The van der Waals surface area contributed by atoms with Crippen LogP contribution < -0.4 is 42.5 Å². The van der Waals surface area contributed by atoms with Crippen LogP contribution in [0, 0.1) is 0 Å². The molecule has 9 rings (SSSR count). The molecule has 2 aliphatic heterocycles. The van der Waals surface area contributed by atoms with E-state index in [1.807, 2.05) is 0 Å². The van der Waals surface area contributed by atoms with Crippen LogP contribution in [-0.2, 0) is 25.7 Å². The molecule has 3 aromatic heterocycles. The lowest BCUT2D eigenvalue weighted by Gasteiger charge is -2.10. The standard InChI is InChI=1S/C108H158N12O4/c1-5-9-13-17-21-25-29-33-37-41-77-109-105(121)113-81-45-49-85-53-61-89(62-54-85)101-93-69-71-95(117-93)102(90-63-55-86(56-64-90)50-46-82-114-106(122)110-78-42-38-34-30-26-22-18-14-10-6-2)97-73-75-99(119-97)104(92-67-59-88(60-68-92)52-48-84-116-108(124)112-80-44-40-36-32-28-24-20-16-12-8-4)100-76-74-98(120-100)103(96-72-70-94(101)118-96)91-65-57-87(58-66-91)51-47-83-115-107(123)111-79-43-39-35-31-27-23-19-15-11-7-3/h53-76,117,120H,5-52,77-84H2,1-4H3,(H2,109,113,121)(H2,110,114,122)(H2,111,115,123)(H2,112,116,124). The van der Waals surface area contributed by atoms with E-state index in [-0.39, 0.29) is 24.1 Å². The number of aryl methyl sites for hydroxylation is 4. The molecule has 0 atom stereocenters. The Morgan fingerprint density at radius 3 is 0.548 bits per heavy atom. The average molecular weight is 1690 g/mol. The van der Waals surface area contributed by atoms with Crippen molar-refractivity contribution in [1.82, 2.24) is 62.5 Å². The fraction of sp³-hybridized carbons (Fsp3) is 0.556. The Labute approximate surface area is 746 Å². The number of amides is 8. The molecule has 674 valence electrons. The van der Waals surface area contributed by atoms with Crippen molar-refractivity contribution in [3.05, 3.63) is 166 Å². The van der Waals surface area contributed by atoms with E-state index in [1.165, 1.54) is 228 Å². The highest BCUT2D eigenvalue weighted by molar-refractivity contribution is 6.00. The largest absolute Gasteiger partial charge is 0.354 e. The molecule has 7 aromatic rings. The maximum absolute atomic E-state index is 12.9. The first-order chi connectivity index (χ1) is 61.1. The Hall–Kier alpha value is -9.44. The Kier molecular flexibility index (Phi) is 47.8. The molecule has 8 amide bonds. The zero-order valence-corrected chi connectivity index (χ0v) is 77.0. The molecule has 0 fully saturated rings. The van der Waals surface area contributed by atoms with Crippen molar-refractivity contribution in [1.29, 1.82) is 0 Å². The number of fused-ring (bicyclic) bond motifs is 8. The minimum absolute atomic E-state index is 0.0954. The fourth-order valence-corrected chi connectivity index (χ4v) is 17.3. The van der Waals surface area contributed by atoms with Gasteiger partial charge in [-0.05, 0) is 170 Å². The minimum atomic E-state index is -0.0954. The highest BCUT2D eigenvalue weighted by Gasteiger charge is 2.21. The summed E-state index contributed by atoms with van der Waals surface area (Å²) in [5.74, 6) is 0. The molecule has 8 bridgehead atoms. The van der Waals surface area contributed by atoms with Crippen molar-refractivity contribution in [3.63, 3.8) is 0 Å². The van der Waals surface area contributed by atoms with E-state index >= 15 is 0 Å². The van der Waals surface area contributed by atoms with Crippen molar-refractivity contribution in [3.8, 4) is 44.5 Å². The first-order valence-corrected chi connectivity index (χ1v) is 49.7. The van der Waals surface area contributed by atoms with Crippen molar-refractivity contribution in [2.45, 2.75) is 336 Å². The Bertz CT molecular complexity index is 3860. The number of urea groups is 4. The fourth-order valence-electron chi connectivity index (χ4n) is 17.3. The van der Waals surface area contributed by atoms with Gasteiger partial charge in [-0.3, -0.25) is 0 Å². The summed E-state index contributed by atoms with van der Waals surface area (Å²) >= 11 is 0. The number of nitrogens with zero attached hydrogens (tertiary/aromatic N) is 2. The van der Waals surface area contributed by atoms with Gasteiger partial charge in [0.1, 0.15) is 0 Å². The van der Waals surface area contributed by atoms with E-state index in [9.17, 15) is 19.2 Å². The maximum atomic E-state index is 12.9. The van der Waals surface area contributed by atoms with E-state index in [4.69, 9.17) is 9.97 Å². The number of rotatable bonds is 64. The Morgan fingerprint density at radius 1 is 0.210 bits per heavy atom. The molecule has 2 aliphatic rings. The molecule has 0 radical (unpaired) electrons. The van der Waals surface area contributed by atoms with Crippen molar-refractivity contribution in [2.75, 3.05) is 52.4 Å². The third-order valence-electron chi connectivity index (χ3n) is 24.7. The van der Waals surface area contributed by atoms with Gasteiger partial charge in [0, 0.05) is 96.7 Å². The molecule has 4 aromatic carbocycles. The summed E-state index contributed by atoms with van der Waals surface area (Å²) in [5.41, 5.74) is 19.6. The van der Waals surface area contributed by atoms with Gasteiger partial charge in [-0.15, -0.1) is 0 Å². The molecule has 0 saturated heterocycles. The van der Waals surface area contributed by atoms with Gasteiger partial charge in [0.2, 0.25) is 0 Å². The van der Waals surface area contributed by atoms with Crippen LogP contribution in [0.25, 0.3) is 90.9 Å². The van der Waals surface area contributed by atoms with Crippen LogP contribution in [0.1, 0.15) is 355 Å². The third-order valence-corrected chi connectivity index (χ3v) is 24.7. The SMILES string of the molecule is CCCCCCCCCCCCNC(=O)NCCCc1ccc(-c2c3nc(c(-c4ccc(CCCNC(=O)NCCCCCCCCCCCC)cc4)c4ccc([nH]4)c(-c4ccc(CCCNC(=O)NCCCCCCCCCCCC)cc4)c4nc(c(-c5ccc(CCCNC(=O)NCCCCCCCCCCCC)cc5)c5ccc2[nH]5)C=C4)C=C3)cc1. The summed E-state index contributed by atoms with van der Waals surface area (Å²) in [7, 11) is 0. The highest BCUT2D eigenvalue weighted by Crippen LogP contribution is 2.40. The van der Waals surface area contributed by atoms with Crippen LogP contribution in [0.3, 0.4) is 0 Å². The number of hydrogen-bond donors (Lipinski definition) is 10. The van der Waals surface area contributed by atoms with Crippen molar-refractivity contribution < 1.29 is 19.2 Å². The lowest BCUT2D eigenvalue weighted by Crippen LogP contribution is -2.36. The second kappa shape index (κ2) is 60.2. The number of unbranched alkanes of at least 4 members (excludes halogenated alkanes) is 36. The molecular weight excluding hydrogens is 1530 g/mol. The van der Waals surface area contributed by atoms with Crippen LogP contribution in [0.2, 0.25) is 0 Å². The van der Waals surface area contributed by atoms with Gasteiger partial charge in [0.05, 0.1) is 22.8 Å². The van der Waals surface area contributed by atoms with Crippen LogP contribution in [-0.4, -0.2) is 96.4 Å². The molecular formula is C108H158N12O4. The average Bonchev–Trinajstić information content (AvgIpc) is 1.61. The molecule has 0 aliphatic carbocycles. The van der Waals surface area contributed by atoms with Crippen LogP contribution in [0.15, 0.2) is 121 Å². The number of carbonyl (C=O) groups is 4. The quantitative estimate of drug-likeness (QED) is 0.0167. The van der Waals surface area contributed by atoms with Gasteiger partial charge in [-0.1, -0.05) is 356 Å². The molecule has 124 heavy (non-hydrogen) atoms. The van der Waals surface area contributed by atoms with Crippen LogP contribution in [0.4, 0.5) is 19.2 Å². The maximum Gasteiger partial charge on any atom is 0.314 e. The predicted octanol–water partition coefficient (Wildman–Crippen LogP) is 27.9. The summed E-state index contributed by atoms with van der Waals surface area (Å²) in [4.78, 5) is 70.9. The summed E-state index contributed by atoms with van der Waals surface area (Å²) in [6, 6.07) is 43.8. The van der Waals surface area contributed by atoms with E-state index < -0.39 is 0 Å².